The summed E-state index contributed by atoms with van der Waals surface area (Å²) in [6.45, 7) is 3.25. The minimum absolute atomic E-state index is 0.0881. The van der Waals surface area contributed by atoms with Gasteiger partial charge in [-0.05, 0) is 31.0 Å². The van der Waals surface area contributed by atoms with Crippen LogP contribution >= 0.6 is 0 Å². The number of carbonyl (C=O) groups excluding carboxylic acids is 1. The van der Waals surface area contributed by atoms with E-state index in [-0.39, 0.29) is 12.2 Å². The van der Waals surface area contributed by atoms with Gasteiger partial charge >= 0.3 is 5.97 Å². The number of nitrogens with one attached hydrogen (secondary N) is 1. The summed E-state index contributed by atoms with van der Waals surface area (Å²) in [5.41, 5.74) is -0.732. The first kappa shape index (κ1) is 20.0. The van der Waals surface area contributed by atoms with Gasteiger partial charge in [0.2, 0.25) is 5.91 Å². The van der Waals surface area contributed by atoms with Crippen LogP contribution in [0.5, 0.6) is 5.75 Å². The molecule has 0 bridgehead atoms. The Labute approximate surface area is 141 Å². The van der Waals surface area contributed by atoms with Crippen molar-refractivity contribution in [3.8, 4) is 5.75 Å². The Morgan fingerprint density at radius 3 is 2.54 bits per heavy atom. The second-order valence-electron chi connectivity index (χ2n) is 5.77. The molecule has 1 rings (SSSR count). The molecular weight excluding hydrogens is 334 g/mol. The van der Waals surface area contributed by atoms with Gasteiger partial charge in [0.05, 0.1) is 24.8 Å². The van der Waals surface area contributed by atoms with E-state index in [9.17, 15) is 18.0 Å². The number of benzene rings is 1. The molecule has 1 aromatic rings. The van der Waals surface area contributed by atoms with Gasteiger partial charge in [0.15, 0.2) is 9.84 Å². The van der Waals surface area contributed by atoms with Gasteiger partial charge < -0.3 is 15.2 Å². The van der Waals surface area contributed by atoms with Gasteiger partial charge in [-0.25, -0.2) is 8.42 Å². The van der Waals surface area contributed by atoms with Gasteiger partial charge in [0, 0.05) is 0 Å². The molecule has 0 aromatic heterocycles. The third-order valence-corrected chi connectivity index (χ3v) is 5.23. The van der Waals surface area contributed by atoms with Crippen molar-refractivity contribution in [2.45, 2.75) is 32.2 Å². The summed E-state index contributed by atoms with van der Waals surface area (Å²) in [6, 6.07) is 6.64. The van der Waals surface area contributed by atoms with Gasteiger partial charge in [-0.3, -0.25) is 9.59 Å². The number of hydrogen-bond acceptors (Lipinski definition) is 5. The molecule has 0 saturated heterocycles. The zero-order chi connectivity index (χ0) is 18.4. The molecule has 0 spiro atoms. The molecule has 0 aliphatic rings. The van der Waals surface area contributed by atoms with Crippen molar-refractivity contribution in [2.75, 3.05) is 18.6 Å². The van der Waals surface area contributed by atoms with Crippen molar-refractivity contribution >= 4 is 21.7 Å². The molecule has 2 N–H and O–H groups in total. The van der Waals surface area contributed by atoms with E-state index < -0.39 is 33.0 Å². The number of sulfone groups is 1. The molecule has 0 heterocycles. The molecule has 0 radical (unpaired) electrons. The summed E-state index contributed by atoms with van der Waals surface area (Å²) in [5.74, 6) is -2.08. The average molecular weight is 357 g/mol. The number of aliphatic carboxylic acids is 1. The number of hydrogen-bond donors (Lipinski definition) is 2. The molecule has 1 unspecified atom stereocenters. The van der Waals surface area contributed by atoms with Crippen LogP contribution in [0.25, 0.3) is 0 Å². The smallest absolute Gasteiger partial charge is 0.306 e. The molecule has 0 fully saturated rings. The van der Waals surface area contributed by atoms with E-state index in [1.54, 1.807) is 38.1 Å². The topological polar surface area (TPSA) is 110 Å². The Morgan fingerprint density at radius 1 is 1.33 bits per heavy atom. The number of rotatable bonds is 9. The monoisotopic (exact) mass is 357 g/mol. The first-order valence-electron chi connectivity index (χ1n) is 7.49. The molecular formula is C16H23NO6S. The zero-order valence-corrected chi connectivity index (χ0v) is 14.9. The van der Waals surface area contributed by atoms with Crippen molar-refractivity contribution in [2.24, 2.45) is 0 Å². The van der Waals surface area contributed by atoms with E-state index in [4.69, 9.17) is 9.84 Å². The standard InChI is InChI=1S/C16H23NO6S/c1-4-8-24(21,22)11-14(18)17-16(2,10-15(19)20)12-6-5-7-13(9-12)23-3/h5-7,9H,4,8,10-11H2,1-3H3,(H,17,18)(H,19,20). The highest BCUT2D eigenvalue weighted by atomic mass is 32.2. The van der Waals surface area contributed by atoms with Gasteiger partial charge in [-0.1, -0.05) is 19.1 Å². The van der Waals surface area contributed by atoms with Crippen LogP contribution in [0, 0.1) is 0 Å². The third-order valence-electron chi connectivity index (χ3n) is 3.49. The largest absolute Gasteiger partial charge is 0.497 e. The van der Waals surface area contributed by atoms with Crippen LogP contribution in [0.4, 0.5) is 0 Å². The highest BCUT2D eigenvalue weighted by molar-refractivity contribution is 7.92. The van der Waals surface area contributed by atoms with Crippen LogP contribution in [0.15, 0.2) is 24.3 Å². The van der Waals surface area contributed by atoms with Crippen LogP contribution in [-0.4, -0.2) is 44.0 Å². The Hall–Kier alpha value is -2.09. The molecule has 134 valence electrons. The van der Waals surface area contributed by atoms with E-state index >= 15 is 0 Å². The lowest BCUT2D eigenvalue weighted by atomic mass is 9.88. The number of carbonyl (C=O) groups is 2. The summed E-state index contributed by atoms with van der Waals surface area (Å²) >= 11 is 0. The molecule has 1 atom stereocenters. The summed E-state index contributed by atoms with van der Waals surface area (Å²) < 4.78 is 28.7. The molecule has 1 amide bonds. The van der Waals surface area contributed by atoms with E-state index in [0.717, 1.165) is 0 Å². The lowest BCUT2D eigenvalue weighted by molar-refractivity contribution is -0.139. The van der Waals surface area contributed by atoms with Crippen molar-refractivity contribution < 1.29 is 27.9 Å². The molecule has 0 aliphatic carbocycles. The van der Waals surface area contributed by atoms with Gasteiger partial charge in [0.25, 0.3) is 0 Å². The van der Waals surface area contributed by atoms with E-state index in [2.05, 4.69) is 5.32 Å². The number of methoxy groups -OCH3 is 1. The normalized spacial score (nSPS) is 13.8. The minimum atomic E-state index is -3.51. The zero-order valence-electron chi connectivity index (χ0n) is 14.0. The first-order chi connectivity index (χ1) is 11.1. The van der Waals surface area contributed by atoms with Crippen molar-refractivity contribution in [3.05, 3.63) is 29.8 Å². The fraction of sp³-hybridized carbons (Fsp3) is 0.500. The average Bonchev–Trinajstić information content (AvgIpc) is 2.45. The lowest BCUT2D eigenvalue weighted by Gasteiger charge is -2.30. The quantitative estimate of drug-likeness (QED) is 0.690. The lowest BCUT2D eigenvalue weighted by Crippen LogP contribution is -2.47. The Bertz CT molecular complexity index is 700. The molecule has 7 nitrogen and oxygen atoms in total. The van der Waals surface area contributed by atoms with Gasteiger partial charge in [-0.2, -0.15) is 0 Å². The van der Waals surface area contributed by atoms with Crippen LogP contribution in [0.3, 0.4) is 0 Å². The van der Waals surface area contributed by atoms with Crippen molar-refractivity contribution in [1.29, 1.82) is 0 Å². The van der Waals surface area contributed by atoms with Gasteiger partial charge in [-0.15, -0.1) is 0 Å². The van der Waals surface area contributed by atoms with Crippen LogP contribution in [0.1, 0.15) is 32.3 Å². The summed E-state index contributed by atoms with van der Waals surface area (Å²) in [4.78, 5) is 23.4. The van der Waals surface area contributed by atoms with E-state index in [1.807, 2.05) is 0 Å². The van der Waals surface area contributed by atoms with Crippen LogP contribution < -0.4 is 10.1 Å². The second-order valence-corrected chi connectivity index (χ2v) is 7.96. The fourth-order valence-electron chi connectivity index (χ4n) is 2.41. The highest BCUT2D eigenvalue weighted by Crippen LogP contribution is 2.28. The molecule has 8 heteroatoms. The Balaban J connectivity index is 3.07. The van der Waals surface area contributed by atoms with Gasteiger partial charge in [0.1, 0.15) is 11.5 Å². The first-order valence-corrected chi connectivity index (χ1v) is 9.32. The Kier molecular flexibility index (Phi) is 6.77. The molecule has 0 saturated carbocycles. The van der Waals surface area contributed by atoms with E-state index in [1.165, 1.54) is 7.11 Å². The van der Waals surface area contributed by atoms with Crippen LogP contribution in [-0.2, 0) is 25.0 Å². The summed E-state index contributed by atoms with van der Waals surface area (Å²) in [7, 11) is -2.04. The SMILES string of the molecule is CCCS(=O)(=O)CC(=O)NC(C)(CC(=O)O)c1cccc(OC)c1. The maximum absolute atomic E-state index is 12.1. The molecule has 1 aromatic carbocycles. The van der Waals surface area contributed by atoms with E-state index in [0.29, 0.717) is 17.7 Å². The predicted molar refractivity (Wildman–Crippen MR) is 89.7 cm³/mol. The third kappa shape index (κ3) is 5.84. The number of ether oxygens (including phenoxy) is 1. The summed E-state index contributed by atoms with van der Waals surface area (Å²) in [6.07, 6.45) is 0.0254. The summed E-state index contributed by atoms with van der Waals surface area (Å²) in [5, 5.41) is 11.7. The number of carboxylic acid groups (broad SMARTS) is 1. The fourth-order valence-corrected chi connectivity index (χ4v) is 3.65. The maximum atomic E-state index is 12.1. The maximum Gasteiger partial charge on any atom is 0.306 e. The Morgan fingerprint density at radius 2 is 2.00 bits per heavy atom. The molecule has 0 aliphatic heterocycles. The van der Waals surface area contributed by atoms with Crippen molar-refractivity contribution in [3.63, 3.8) is 0 Å². The second kappa shape index (κ2) is 8.14. The van der Waals surface area contributed by atoms with Crippen molar-refractivity contribution in [1.82, 2.24) is 5.32 Å². The minimum Gasteiger partial charge on any atom is -0.497 e. The number of carboxylic acids is 1. The molecule has 24 heavy (non-hydrogen) atoms. The highest BCUT2D eigenvalue weighted by Gasteiger charge is 2.33. The predicted octanol–water partition coefficient (Wildman–Crippen LogP) is 1.33. The van der Waals surface area contributed by atoms with Crippen LogP contribution in [0.2, 0.25) is 0 Å². The number of amides is 1.